The molecule has 0 aliphatic heterocycles. The van der Waals surface area contributed by atoms with Crippen molar-refractivity contribution in [3.63, 3.8) is 0 Å². The van der Waals surface area contributed by atoms with E-state index in [-0.39, 0.29) is 11.3 Å². The van der Waals surface area contributed by atoms with E-state index in [0.29, 0.717) is 11.6 Å². The number of carbonyl (C=O) groups excluding carboxylic acids is 1. The van der Waals surface area contributed by atoms with E-state index in [2.05, 4.69) is 10.3 Å². The average molecular weight is 298 g/mol. The van der Waals surface area contributed by atoms with Gasteiger partial charge in [-0.25, -0.2) is 4.39 Å². The van der Waals surface area contributed by atoms with Gasteiger partial charge in [0.25, 0.3) is 5.91 Å². The third kappa shape index (κ3) is 3.56. The van der Waals surface area contributed by atoms with Gasteiger partial charge in [0.05, 0.1) is 5.56 Å². The number of anilines is 1. The summed E-state index contributed by atoms with van der Waals surface area (Å²) < 4.78 is 50.2. The Morgan fingerprint density at radius 3 is 2.48 bits per heavy atom. The Bertz CT molecular complexity index is 666. The molecule has 7 heteroatoms. The topological polar surface area (TPSA) is 42.0 Å². The molecule has 0 fully saturated rings. The standard InChI is InChI=1S/C14H10F4N2O/c1-8-2-4-10(15)6-11(8)20-13(21)9-3-5-12(19-7-9)14(16,17)18/h2-7H,1H3,(H,20,21). The van der Waals surface area contributed by atoms with Gasteiger partial charge in [0.2, 0.25) is 0 Å². The van der Waals surface area contributed by atoms with Crippen molar-refractivity contribution in [3.05, 3.63) is 59.2 Å². The Morgan fingerprint density at radius 1 is 1.19 bits per heavy atom. The van der Waals surface area contributed by atoms with Gasteiger partial charge in [-0.1, -0.05) is 6.07 Å². The highest BCUT2D eigenvalue weighted by Gasteiger charge is 2.32. The lowest BCUT2D eigenvalue weighted by Gasteiger charge is -2.09. The number of nitrogens with zero attached hydrogens (tertiary/aromatic N) is 1. The van der Waals surface area contributed by atoms with Crippen molar-refractivity contribution in [2.24, 2.45) is 0 Å². The van der Waals surface area contributed by atoms with Gasteiger partial charge in [0.1, 0.15) is 11.5 Å². The molecule has 3 nitrogen and oxygen atoms in total. The molecule has 0 radical (unpaired) electrons. The van der Waals surface area contributed by atoms with Crippen LogP contribution >= 0.6 is 0 Å². The number of benzene rings is 1. The monoisotopic (exact) mass is 298 g/mol. The Morgan fingerprint density at radius 2 is 1.90 bits per heavy atom. The van der Waals surface area contributed by atoms with Crippen molar-refractivity contribution in [1.29, 1.82) is 0 Å². The summed E-state index contributed by atoms with van der Waals surface area (Å²) in [4.78, 5) is 15.1. The molecule has 0 unspecified atom stereocenters. The number of aryl methyl sites for hydroxylation is 1. The van der Waals surface area contributed by atoms with Gasteiger partial charge in [-0.2, -0.15) is 13.2 Å². The smallest absolute Gasteiger partial charge is 0.322 e. The van der Waals surface area contributed by atoms with Crippen LogP contribution in [0.3, 0.4) is 0 Å². The molecular weight excluding hydrogens is 288 g/mol. The van der Waals surface area contributed by atoms with Crippen LogP contribution in [-0.2, 0) is 6.18 Å². The van der Waals surface area contributed by atoms with Gasteiger partial charge >= 0.3 is 6.18 Å². The molecule has 1 amide bonds. The largest absolute Gasteiger partial charge is 0.433 e. The molecule has 0 aliphatic carbocycles. The van der Waals surface area contributed by atoms with Crippen molar-refractivity contribution < 1.29 is 22.4 Å². The summed E-state index contributed by atoms with van der Waals surface area (Å²) in [6.07, 6.45) is -3.74. The molecule has 0 bridgehead atoms. The number of aromatic nitrogens is 1. The lowest BCUT2D eigenvalue weighted by Crippen LogP contribution is -2.15. The second-order valence-corrected chi connectivity index (χ2v) is 4.34. The van der Waals surface area contributed by atoms with Crippen LogP contribution in [0.15, 0.2) is 36.5 Å². The number of rotatable bonds is 2. The number of pyridine rings is 1. The number of hydrogen-bond donors (Lipinski definition) is 1. The van der Waals surface area contributed by atoms with Crippen molar-refractivity contribution >= 4 is 11.6 Å². The van der Waals surface area contributed by atoms with E-state index in [4.69, 9.17) is 0 Å². The Labute approximate surface area is 117 Å². The molecule has 1 N–H and O–H groups in total. The molecule has 0 atom stereocenters. The lowest BCUT2D eigenvalue weighted by atomic mass is 10.1. The summed E-state index contributed by atoms with van der Waals surface area (Å²) in [6.45, 7) is 1.67. The van der Waals surface area contributed by atoms with Crippen molar-refractivity contribution in [2.45, 2.75) is 13.1 Å². The normalized spacial score (nSPS) is 11.3. The second kappa shape index (κ2) is 5.51. The molecule has 1 heterocycles. The van der Waals surface area contributed by atoms with E-state index in [0.717, 1.165) is 18.3 Å². The maximum absolute atomic E-state index is 13.1. The molecular formula is C14H10F4N2O. The summed E-state index contributed by atoms with van der Waals surface area (Å²) in [5.41, 5.74) is -0.253. The first-order valence-electron chi connectivity index (χ1n) is 5.88. The second-order valence-electron chi connectivity index (χ2n) is 4.34. The minimum Gasteiger partial charge on any atom is -0.322 e. The minimum absolute atomic E-state index is 0.0494. The van der Waals surface area contributed by atoms with Crippen LogP contribution in [0.4, 0.5) is 23.2 Å². The lowest BCUT2D eigenvalue weighted by molar-refractivity contribution is -0.141. The van der Waals surface area contributed by atoms with E-state index in [1.807, 2.05) is 0 Å². The molecule has 21 heavy (non-hydrogen) atoms. The highest BCUT2D eigenvalue weighted by Crippen LogP contribution is 2.27. The summed E-state index contributed by atoms with van der Waals surface area (Å²) >= 11 is 0. The van der Waals surface area contributed by atoms with Gasteiger partial charge in [-0.05, 0) is 36.8 Å². The molecule has 0 saturated heterocycles. The number of alkyl halides is 3. The van der Waals surface area contributed by atoms with E-state index in [1.165, 1.54) is 12.1 Å². The van der Waals surface area contributed by atoms with Gasteiger partial charge < -0.3 is 5.32 Å². The van der Waals surface area contributed by atoms with E-state index in [1.54, 1.807) is 6.92 Å². The number of carbonyl (C=O) groups is 1. The Kier molecular flexibility index (Phi) is 3.93. The molecule has 1 aromatic carbocycles. The van der Waals surface area contributed by atoms with Gasteiger partial charge in [-0.15, -0.1) is 0 Å². The zero-order valence-electron chi connectivity index (χ0n) is 10.8. The highest BCUT2D eigenvalue weighted by molar-refractivity contribution is 6.04. The zero-order chi connectivity index (χ0) is 15.6. The maximum Gasteiger partial charge on any atom is 0.433 e. The summed E-state index contributed by atoms with van der Waals surface area (Å²) in [5, 5.41) is 2.43. The predicted octanol–water partition coefficient (Wildman–Crippen LogP) is 3.80. The first kappa shape index (κ1) is 15.0. The molecule has 2 rings (SSSR count). The third-order valence-electron chi connectivity index (χ3n) is 2.76. The van der Waals surface area contributed by atoms with Crippen LogP contribution < -0.4 is 5.32 Å². The third-order valence-corrected chi connectivity index (χ3v) is 2.76. The van der Waals surface area contributed by atoms with Crippen molar-refractivity contribution in [3.8, 4) is 0 Å². The molecule has 0 aliphatic rings. The Balaban J connectivity index is 2.19. The van der Waals surface area contributed by atoms with Crippen molar-refractivity contribution in [2.75, 3.05) is 5.32 Å². The van der Waals surface area contributed by atoms with Crippen LogP contribution in [-0.4, -0.2) is 10.9 Å². The average Bonchev–Trinajstić information content (AvgIpc) is 2.42. The van der Waals surface area contributed by atoms with Crippen LogP contribution in [0.2, 0.25) is 0 Å². The van der Waals surface area contributed by atoms with Crippen LogP contribution in [0.25, 0.3) is 0 Å². The number of halogens is 4. The van der Waals surface area contributed by atoms with Gasteiger partial charge in [-0.3, -0.25) is 9.78 Å². The number of hydrogen-bond acceptors (Lipinski definition) is 2. The molecule has 1 aromatic heterocycles. The molecule has 110 valence electrons. The number of nitrogens with one attached hydrogen (secondary N) is 1. The summed E-state index contributed by atoms with van der Waals surface area (Å²) in [6, 6.07) is 5.58. The van der Waals surface area contributed by atoms with E-state index < -0.39 is 23.6 Å². The van der Waals surface area contributed by atoms with Crippen LogP contribution in [0.1, 0.15) is 21.6 Å². The summed E-state index contributed by atoms with van der Waals surface area (Å²) in [5.74, 6) is -1.19. The molecule has 0 saturated carbocycles. The first-order chi connectivity index (χ1) is 9.77. The molecule has 2 aromatic rings. The zero-order valence-corrected chi connectivity index (χ0v) is 10.8. The maximum atomic E-state index is 13.1. The predicted molar refractivity (Wildman–Crippen MR) is 68.3 cm³/mol. The summed E-state index contributed by atoms with van der Waals surface area (Å²) in [7, 11) is 0. The fraction of sp³-hybridized carbons (Fsp3) is 0.143. The fourth-order valence-corrected chi connectivity index (χ4v) is 1.62. The number of amides is 1. The van der Waals surface area contributed by atoms with E-state index in [9.17, 15) is 22.4 Å². The SMILES string of the molecule is Cc1ccc(F)cc1NC(=O)c1ccc(C(F)(F)F)nc1. The minimum atomic E-state index is -4.56. The van der Waals surface area contributed by atoms with Crippen LogP contribution in [0, 0.1) is 12.7 Å². The fourth-order valence-electron chi connectivity index (χ4n) is 1.62. The van der Waals surface area contributed by atoms with Gasteiger partial charge in [0.15, 0.2) is 0 Å². The van der Waals surface area contributed by atoms with Gasteiger partial charge in [0, 0.05) is 11.9 Å². The Hall–Kier alpha value is -2.44. The quantitative estimate of drug-likeness (QED) is 0.857. The molecule has 0 spiro atoms. The van der Waals surface area contributed by atoms with Crippen molar-refractivity contribution in [1.82, 2.24) is 4.98 Å². The van der Waals surface area contributed by atoms with Crippen LogP contribution in [0.5, 0.6) is 0 Å². The first-order valence-corrected chi connectivity index (χ1v) is 5.88. The highest BCUT2D eigenvalue weighted by atomic mass is 19.4. The van der Waals surface area contributed by atoms with E-state index >= 15 is 0 Å².